The third-order valence-electron chi connectivity index (χ3n) is 3.88. The first kappa shape index (κ1) is 16.0. The smallest absolute Gasteiger partial charge is 0.341 e. The van der Waals surface area contributed by atoms with E-state index in [0.29, 0.717) is 12.1 Å². The Kier molecular flexibility index (Phi) is 4.21. The van der Waals surface area contributed by atoms with Gasteiger partial charge in [-0.3, -0.25) is 9.48 Å². The molecule has 0 amide bonds. The third-order valence-corrected chi connectivity index (χ3v) is 3.88. The SMILES string of the molecule is Cc1ccn(Cc2c(C)nn(C(C)C)c2C)c(=O)c1C(=O)O. The molecule has 22 heavy (non-hydrogen) atoms. The van der Waals surface area contributed by atoms with Gasteiger partial charge < -0.3 is 9.67 Å². The summed E-state index contributed by atoms with van der Waals surface area (Å²) in [6, 6.07) is 1.89. The maximum atomic E-state index is 12.4. The van der Waals surface area contributed by atoms with E-state index in [1.165, 1.54) is 4.57 Å². The van der Waals surface area contributed by atoms with Crippen LogP contribution in [0.25, 0.3) is 0 Å². The molecule has 2 heterocycles. The first-order valence-corrected chi connectivity index (χ1v) is 7.22. The van der Waals surface area contributed by atoms with Crippen molar-refractivity contribution in [3.63, 3.8) is 0 Å². The van der Waals surface area contributed by atoms with Gasteiger partial charge in [-0.25, -0.2) is 4.79 Å². The summed E-state index contributed by atoms with van der Waals surface area (Å²) in [7, 11) is 0. The van der Waals surface area contributed by atoms with Crippen molar-refractivity contribution in [2.45, 2.75) is 47.2 Å². The van der Waals surface area contributed by atoms with Crippen LogP contribution in [-0.2, 0) is 6.54 Å². The minimum absolute atomic E-state index is 0.172. The largest absolute Gasteiger partial charge is 0.477 e. The molecular formula is C16H21N3O3. The summed E-state index contributed by atoms with van der Waals surface area (Å²) in [5.74, 6) is -1.19. The van der Waals surface area contributed by atoms with E-state index < -0.39 is 11.5 Å². The van der Waals surface area contributed by atoms with Gasteiger partial charge in [0.05, 0.1) is 12.2 Å². The lowest BCUT2D eigenvalue weighted by molar-refractivity contribution is 0.0693. The molecular weight excluding hydrogens is 282 g/mol. The Morgan fingerprint density at radius 1 is 1.32 bits per heavy atom. The number of aromatic carboxylic acids is 1. The second-order valence-corrected chi connectivity index (χ2v) is 5.80. The van der Waals surface area contributed by atoms with Crippen LogP contribution in [0.4, 0.5) is 0 Å². The molecule has 118 valence electrons. The number of nitrogens with zero attached hydrogens (tertiary/aromatic N) is 3. The van der Waals surface area contributed by atoms with Crippen molar-refractivity contribution in [2.24, 2.45) is 0 Å². The van der Waals surface area contributed by atoms with Gasteiger partial charge in [0.1, 0.15) is 5.56 Å². The third kappa shape index (κ3) is 2.68. The summed E-state index contributed by atoms with van der Waals surface area (Å²) in [4.78, 5) is 23.6. The van der Waals surface area contributed by atoms with Crippen LogP contribution in [0.15, 0.2) is 17.1 Å². The fraction of sp³-hybridized carbons (Fsp3) is 0.438. The zero-order valence-corrected chi connectivity index (χ0v) is 13.5. The van der Waals surface area contributed by atoms with Crippen LogP contribution in [0.3, 0.4) is 0 Å². The summed E-state index contributed by atoms with van der Waals surface area (Å²) in [5, 5.41) is 13.7. The predicted octanol–water partition coefficient (Wildman–Crippen LogP) is 2.30. The maximum absolute atomic E-state index is 12.4. The van der Waals surface area contributed by atoms with E-state index in [1.54, 1.807) is 19.2 Å². The Hall–Kier alpha value is -2.37. The van der Waals surface area contributed by atoms with E-state index in [1.807, 2.05) is 32.4 Å². The zero-order valence-electron chi connectivity index (χ0n) is 13.5. The van der Waals surface area contributed by atoms with Crippen molar-refractivity contribution < 1.29 is 9.90 Å². The van der Waals surface area contributed by atoms with Gasteiger partial charge in [-0.1, -0.05) is 0 Å². The predicted molar refractivity (Wildman–Crippen MR) is 83.6 cm³/mol. The molecule has 2 rings (SSSR count). The van der Waals surface area contributed by atoms with E-state index in [2.05, 4.69) is 5.10 Å². The molecule has 1 N–H and O–H groups in total. The van der Waals surface area contributed by atoms with Crippen LogP contribution in [0.2, 0.25) is 0 Å². The molecule has 0 bridgehead atoms. The van der Waals surface area contributed by atoms with Crippen molar-refractivity contribution in [3.8, 4) is 0 Å². The second-order valence-electron chi connectivity index (χ2n) is 5.80. The van der Waals surface area contributed by atoms with Gasteiger partial charge in [0.15, 0.2) is 0 Å². The lowest BCUT2D eigenvalue weighted by atomic mass is 10.1. The number of pyridine rings is 1. The van der Waals surface area contributed by atoms with E-state index >= 15 is 0 Å². The Balaban J connectivity index is 2.51. The first-order chi connectivity index (χ1) is 10.2. The molecule has 0 unspecified atom stereocenters. The molecule has 0 saturated carbocycles. The Labute approximate surface area is 129 Å². The number of carboxylic acids is 1. The van der Waals surface area contributed by atoms with Crippen molar-refractivity contribution in [1.29, 1.82) is 0 Å². The van der Waals surface area contributed by atoms with Gasteiger partial charge in [-0.05, 0) is 46.2 Å². The summed E-state index contributed by atoms with van der Waals surface area (Å²) in [5.41, 5.74) is 2.63. The topological polar surface area (TPSA) is 77.1 Å². The number of rotatable bonds is 4. The molecule has 0 fully saturated rings. The highest BCUT2D eigenvalue weighted by atomic mass is 16.4. The Morgan fingerprint density at radius 2 is 1.95 bits per heavy atom. The van der Waals surface area contributed by atoms with Gasteiger partial charge >= 0.3 is 5.97 Å². The highest BCUT2D eigenvalue weighted by molar-refractivity contribution is 5.88. The molecule has 0 aliphatic rings. The second kappa shape index (κ2) is 5.79. The summed E-state index contributed by atoms with van der Waals surface area (Å²) < 4.78 is 3.35. The monoisotopic (exact) mass is 303 g/mol. The fourth-order valence-electron chi connectivity index (χ4n) is 2.65. The molecule has 0 spiro atoms. The number of aromatic nitrogens is 3. The fourth-order valence-corrected chi connectivity index (χ4v) is 2.65. The van der Waals surface area contributed by atoms with Crippen molar-refractivity contribution in [1.82, 2.24) is 14.3 Å². The molecule has 0 saturated heterocycles. The summed E-state index contributed by atoms with van der Waals surface area (Å²) >= 11 is 0. The summed E-state index contributed by atoms with van der Waals surface area (Å²) in [6.07, 6.45) is 1.63. The highest BCUT2D eigenvalue weighted by Gasteiger charge is 2.18. The first-order valence-electron chi connectivity index (χ1n) is 7.22. The van der Waals surface area contributed by atoms with E-state index in [0.717, 1.165) is 17.0 Å². The molecule has 6 heteroatoms. The van der Waals surface area contributed by atoms with Crippen LogP contribution in [0.1, 0.15) is 52.8 Å². The molecule has 0 radical (unpaired) electrons. The average molecular weight is 303 g/mol. The van der Waals surface area contributed by atoms with Crippen molar-refractivity contribution in [3.05, 3.63) is 50.7 Å². The van der Waals surface area contributed by atoms with Gasteiger partial charge in [-0.15, -0.1) is 0 Å². The van der Waals surface area contributed by atoms with Gasteiger partial charge in [0.2, 0.25) is 0 Å². The standard InChI is InChI=1S/C16H21N3O3/c1-9(2)19-12(5)13(11(4)17-19)8-18-7-6-10(3)14(15(18)20)16(21)22/h6-7,9H,8H2,1-5H3,(H,21,22). The summed E-state index contributed by atoms with van der Waals surface area (Å²) in [6.45, 7) is 9.91. The van der Waals surface area contributed by atoms with Gasteiger partial charge in [-0.2, -0.15) is 5.10 Å². The zero-order chi connectivity index (χ0) is 16.6. The Bertz CT molecular complexity index is 785. The van der Waals surface area contributed by atoms with Crippen molar-refractivity contribution in [2.75, 3.05) is 0 Å². The maximum Gasteiger partial charge on any atom is 0.341 e. The number of hydrogen-bond acceptors (Lipinski definition) is 3. The van der Waals surface area contributed by atoms with Gasteiger partial charge in [0.25, 0.3) is 5.56 Å². The lowest BCUT2D eigenvalue weighted by Crippen LogP contribution is -2.27. The normalized spacial score (nSPS) is 11.2. The lowest BCUT2D eigenvalue weighted by Gasteiger charge is -2.11. The number of aryl methyl sites for hydroxylation is 2. The molecule has 0 aliphatic heterocycles. The van der Waals surface area contributed by atoms with Crippen LogP contribution in [-0.4, -0.2) is 25.4 Å². The van der Waals surface area contributed by atoms with E-state index in [9.17, 15) is 14.7 Å². The van der Waals surface area contributed by atoms with Crippen molar-refractivity contribution >= 4 is 5.97 Å². The average Bonchev–Trinajstić information content (AvgIpc) is 2.69. The number of hydrogen-bond donors (Lipinski definition) is 1. The van der Waals surface area contributed by atoms with Crippen LogP contribution in [0.5, 0.6) is 0 Å². The molecule has 0 atom stereocenters. The molecule has 6 nitrogen and oxygen atoms in total. The number of carbonyl (C=O) groups is 1. The molecule has 2 aromatic rings. The quantitative estimate of drug-likeness (QED) is 0.940. The van der Waals surface area contributed by atoms with E-state index in [4.69, 9.17) is 0 Å². The highest BCUT2D eigenvalue weighted by Crippen LogP contribution is 2.18. The molecule has 0 aromatic carbocycles. The number of carboxylic acid groups (broad SMARTS) is 1. The minimum Gasteiger partial charge on any atom is -0.477 e. The minimum atomic E-state index is -1.19. The van der Waals surface area contributed by atoms with Crippen LogP contribution >= 0.6 is 0 Å². The molecule has 2 aromatic heterocycles. The van der Waals surface area contributed by atoms with Crippen LogP contribution in [0, 0.1) is 20.8 Å². The van der Waals surface area contributed by atoms with E-state index in [-0.39, 0.29) is 11.6 Å². The molecule has 0 aliphatic carbocycles. The van der Waals surface area contributed by atoms with Gasteiger partial charge in [0, 0.05) is 23.5 Å². The Morgan fingerprint density at radius 3 is 2.45 bits per heavy atom. The van der Waals surface area contributed by atoms with Crippen LogP contribution < -0.4 is 5.56 Å².